The van der Waals surface area contributed by atoms with E-state index in [1.807, 2.05) is 24.3 Å². The summed E-state index contributed by atoms with van der Waals surface area (Å²) in [5, 5.41) is 8.75. The van der Waals surface area contributed by atoms with E-state index in [9.17, 15) is 8.42 Å². The van der Waals surface area contributed by atoms with Gasteiger partial charge in [0, 0.05) is 31.6 Å². The number of nitrogens with zero attached hydrogens (tertiary/aromatic N) is 1. The Hall–Kier alpha value is -1.39. The predicted molar refractivity (Wildman–Crippen MR) is 83.7 cm³/mol. The molecule has 0 spiro atoms. The van der Waals surface area contributed by atoms with Crippen LogP contribution in [0.15, 0.2) is 24.3 Å². The molecule has 0 atom stereocenters. The second kappa shape index (κ2) is 8.15. The van der Waals surface area contributed by atoms with Crippen molar-refractivity contribution >= 4 is 10.2 Å². The van der Waals surface area contributed by atoms with Gasteiger partial charge in [-0.3, -0.25) is 0 Å². The van der Waals surface area contributed by atoms with Gasteiger partial charge in [-0.15, -0.1) is 0 Å². The molecule has 0 aliphatic carbocycles. The second-order valence-electron chi connectivity index (χ2n) is 4.97. The summed E-state index contributed by atoms with van der Waals surface area (Å²) in [5.74, 6) is 5.81. The van der Waals surface area contributed by atoms with Crippen molar-refractivity contribution in [2.45, 2.75) is 32.9 Å². The van der Waals surface area contributed by atoms with Crippen molar-refractivity contribution in [1.82, 2.24) is 9.03 Å². The lowest BCUT2D eigenvalue weighted by molar-refractivity contribution is 0.305. The van der Waals surface area contributed by atoms with Gasteiger partial charge in [0.25, 0.3) is 10.2 Å². The van der Waals surface area contributed by atoms with Gasteiger partial charge < -0.3 is 5.11 Å². The number of aliphatic hydroxyl groups is 1. The quantitative estimate of drug-likeness (QED) is 0.773. The molecule has 0 bridgehead atoms. The maximum absolute atomic E-state index is 12.1. The summed E-state index contributed by atoms with van der Waals surface area (Å²) in [6.07, 6.45) is 0.400. The minimum atomic E-state index is -3.50. The highest BCUT2D eigenvalue weighted by molar-refractivity contribution is 7.87. The van der Waals surface area contributed by atoms with Gasteiger partial charge >= 0.3 is 0 Å². The van der Waals surface area contributed by atoms with Gasteiger partial charge in [0.15, 0.2) is 0 Å². The second-order valence-corrected chi connectivity index (χ2v) is 6.78. The molecule has 0 unspecified atom stereocenters. The number of aliphatic hydroxyl groups excluding tert-OH is 1. The summed E-state index contributed by atoms with van der Waals surface area (Å²) >= 11 is 0. The first-order chi connectivity index (χ1) is 9.86. The average Bonchev–Trinajstić information content (AvgIpc) is 2.39. The summed E-state index contributed by atoms with van der Waals surface area (Å²) in [6.45, 7) is 3.81. The fraction of sp³-hybridized carbons (Fsp3) is 0.467. The maximum Gasteiger partial charge on any atom is 0.279 e. The van der Waals surface area contributed by atoms with Gasteiger partial charge in [-0.05, 0) is 25.5 Å². The van der Waals surface area contributed by atoms with E-state index >= 15 is 0 Å². The van der Waals surface area contributed by atoms with E-state index in [4.69, 9.17) is 5.11 Å². The van der Waals surface area contributed by atoms with E-state index in [0.29, 0.717) is 6.42 Å². The molecule has 0 aromatic heterocycles. The van der Waals surface area contributed by atoms with Gasteiger partial charge in [0.2, 0.25) is 0 Å². The number of hydrogen-bond donors (Lipinski definition) is 2. The van der Waals surface area contributed by atoms with Gasteiger partial charge in [-0.25, -0.2) is 0 Å². The summed E-state index contributed by atoms with van der Waals surface area (Å²) in [4.78, 5) is 0. The molecular formula is C15H22N2O3S. The minimum Gasteiger partial charge on any atom is -0.395 e. The molecule has 0 aliphatic rings. The molecule has 6 heteroatoms. The summed E-state index contributed by atoms with van der Waals surface area (Å²) in [6, 6.07) is 7.24. The fourth-order valence-electron chi connectivity index (χ4n) is 1.71. The van der Waals surface area contributed by atoms with Crippen molar-refractivity contribution in [2.75, 3.05) is 13.7 Å². The first-order valence-electron chi connectivity index (χ1n) is 6.78. The standard InChI is InChI=1S/C15H22N2O3S/c1-13(2)16-21(19,20)17(3)12-15-10-5-4-8-14(15)9-6-7-11-18/h4-5,8,10,13,16,18H,7,11-12H2,1-3H3. The van der Waals surface area contributed by atoms with Crippen molar-refractivity contribution in [3.8, 4) is 11.8 Å². The van der Waals surface area contributed by atoms with Crippen molar-refractivity contribution in [2.24, 2.45) is 0 Å². The Bertz CT molecular complexity index is 615. The summed E-state index contributed by atoms with van der Waals surface area (Å²) < 4.78 is 27.9. The average molecular weight is 310 g/mol. The minimum absolute atomic E-state index is 0.0156. The molecule has 2 N–H and O–H groups in total. The normalized spacial score (nSPS) is 11.5. The SMILES string of the molecule is CC(C)NS(=O)(=O)N(C)Cc1ccccc1C#CCCO. The largest absolute Gasteiger partial charge is 0.395 e. The molecule has 0 amide bonds. The third kappa shape index (κ3) is 5.86. The number of benzene rings is 1. The molecule has 1 aromatic carbocycles. The van der Waals surface area contributed by atoms with Crippen LogP contribution in [0.25, 0.3) is 0 Å². The van der Waals surface area contributed by atoms with Gasteiger partial charge in [0.05, 0.1) is 6.61 Å². The molecule has 1 aromatic rings. The van der Waals surface area contributed by atoms with Crippen molar-refractivity contribution in [3.05, 3.63) is 35.4 Å². The smallest absolute Gasteiger partial charge is 0.279 e. The van der Waals surface area contributed by atoms with E-state index < -0.39 is 10.2 Å². The van der Waals surface area contributed by atoms with Gasteiger partial charge in [-0.2, -0.15) is 17.4 Å². The molecule has 0 saturated heterocycles. The van der Waals surface area contributed by atoms with Crippen LogP contribution in [0.3, 0.4) is 0 Å². The zero-order valence-electron chi connectivity index (χ0n) is 12.6. The van der Waals surface area contributed by atoms with E-state index in [0.717, 1.165) is 11.1 Å². The summed E-state index contributed by atoms with van der Waals surface area (Å²) in [7, 11) is -1.97. The van der Waals surface area contributed by atoms with Crippen LogP contribution in [0.4, 0.5) is 0 Å². The molecule has 0 saturated carbocycles. The van der Waals surface area contributed by atoms with Crippen molar-refractivity contribution < 1.29 is 13.5 Å². The van der Waals surface area contributed by atoms with Gasteiger partial charge in [-0.1, -0.05) is 30.0 Å². The Morgan fingerprint density at radius 1 is 1.33 bits per heavy atom. The van der Waals surface area contributed by atoms with E-state index in [-0.39, 0.29) is 19.2 Å². The number of hydrogen-bond acceptors (Lipinski definition) is 3. The van der Waals surface area contributed by atoms with Crippen LogP contribution >= 0.6 is 0 Å². The van der Waals surface area contributed by atoms with Crippen LogP contribution in [0.5, 0.6) is 0 Å². The molecule has 21 heavy (non-hydrogen) atoms. The van der Waals surface area contributed by atoms with E-state index in [2.05, 4.69) is 16.6 Å². The molecule has 1 rings (SSSR count). The van der Waals surface area contributed by atoms with Crippen LogP contribution in [0.2, 0.25) is 0 Å². The van der Waals surface area contributed by atoms with Crippen LogP contribution in [0, 0.1) is 11.8 Å². The van der Waals surface area contributed by atoms with Crippen LogP contribution < -0.4 is 4.72 Å². The summed E-state index contributed by atoms with van der Waals surface area (Å²) in [5.41, 5.74) is 1.61. The van der Waals surface area contributed by atoms with Gasteiger partial charge in [0.1, 0.15) is 0 Å². The molecule has 116 valence electrons. The molecular weight excluding hydrogens is 288 g/mol. The third-order valence-electron chi connectivity index (χ3n) is 2.67. The predicted octanol–water partition coefficient (Wildman–Crippen LogP) is 1.10. The highest BCUT2D eigenvalue weighted by Gasteiger charge is 2.19. The lowest BCUT2D eigenvalue weighted by Gasteiger charge is -2.20. The molecule has 0 fully saturated rings. The Kier molecular flexibility index (Phi) is 6.85. The first-order valence-corrected chi connectivity index (χ1v) is 8.22. The molecule has 5 nitrogen and oxygen atoms in total. The first kappa shape index (κ1) is 17.7. The zero-order chi connectivity index (χ0) is 15.9. The zero-order valence-corrected chi connectivity index (χ0v) is 13.4. The Labute approximate surface area is 127 Å². The lowest BCUT2D eigenvalue weighted by Crippen LogP contribution is -2.41. The van der Waals surface area contributed by atoms with Crippen LogP contribution in [-0.4, -0.2) is 37.5 Å². The fourth-order valence-corrected chi connectivity index (χ4v) is 2.79. The monoisotopic (exact) mass is 310 g/mol. The third-order valence-corrected chi connectivity index (χ3v) is 4.38. The molecule has 0 aliphatic heterocycles. The lowest BCUT2D eigenvalue weighted by atomic mass is 10.1. The van der Waals surface area contributed by atoms with Crippen molar-refractivity contribution in [1.29, 1.82) is 0 Å². The maximum atomic E-state index is 12.1. The highest BCUT2D eigenvalue weighted by atomic mass is 32.2. The van der Waals surface area contributed by atoms with Crippen molar-refractivity contribution in [3.63, 3.8) is 0 Å². The van der Waals surface area contributed by atoms with Crippen LogP contribution in [0.1, 0.15) is 31.4 Å². The molecule has 0 heterocycles. The van der Waals surface area contributed by atoms with E-state index in [1.165, 1.54) is 11.4 Å². The Balaban J connectivity index is 2.91. The Morgan fingerprint density at radius 2 is 2.00 bits per heavy atom. The Morgan fingerprint density at radius 3 is 2.62 bits per heavy atom. The van der Waals surface area contributed by atoms with Crippen LogP contribution in [-0.2, 0) is 16.8 Å². The number of nitrogens with one attached hydrogen (secondary N) is 1. The molecule has 0 radical (unpaired) electrons. The number of rotatable bonds is 6. The highest BCUT2D eigenvalue weighted by Crippen LogP contribution is 2.12. The van der Waals surface area contributed by atoms with E-state index in [1.54, 1.807) is 13.8 Å². The topological polar surface area (TPSA) is 69.6 Å².